The number of ether oxygens (including phenoxy) is 4. The van der Waals surface area contributed by atoms with E-state index < -0.39 is 11.9 Å². The Morgan fingerprint density at radius 2 is 1.68 bits per heavy atom. The lowest BCUT2D eigenvalue weighted by molar-refractivity contribution is -0.152. The van der Waals surface area contributed by atoms with Gasteiger partial charge in [-0.3, -0.25) is 4.79 Å². The van der Waals surface area contributed by atoms with Crippen LogP contribution >= 0.6 is 0 Å². The molecule has 3 aromatic carbocycles. The van der Waals surface area contributed by atoms with E-state index in [-0.39, 0.29) is 18.2 Å². The van der Waals surface area contributed by atoms with Gasteiger partial charge in [0.2, 0.25) is 0 Å². The summed E-state index contributed by atoms with van der Waals surface area (Å²) in [5.74, 6) is 0.273. The van der Waals surface area contributed by atoms with Crippen LogP contribution in [0.15, 0.2) is 42.5 Å². The van der Waals surface area contributed by atoms with Gasteiger partial charge in [0, 0.05) is 11.3 Å². The van der Waals surface area contributed by atoms with Crippen LogP contribution < -0.4 is 19.5 Å². The summed E-state index contributed by atoms with van der Waals surface area (Å²) in [6.45, 7) is 3.70. The summed E-state index contributed by atoms with van der Waals surface area (Å²) in [6, 6.07) is 12.5. The molecule has 1 aliphatic rings. The standard InChI is InChI=1S/C30H32FNO6/c1-5-37-30(34)29(33)32-25-15-18(2)28(23-8-6-7-22(23)25)38-21-12-14-26(35-3)20(17-21)11-9-19-10-13-27(36-4)24(31)16-19/h10,12-17H,5-9,11H2,1-4H3,(H,32,33). The number of rotatable bonds is 9. The third-order valence-electron chi connectivity index (χ3n) is 6.62. The molecule has 200 valence electrons. The number of aryl methyl sites for hydroxylation is 3. The Morgan fingerprint density at radius 3 is 2.39 bits per heavy atom. The molecule has 3 aromatic rings. The zero-order valence-corrected chi connectivity index (χ0v) is 22.1. The fourth-order valence-electron chi connectivity index (χ4n) is 4.80. The van der Waals surface area contributed by atoms with E-state index >= 15 is 0 Å². The van der Waals surface area contributed by atoms with Crippen LogP contribution in [0.25, 0.3) is 0 Å². The van der Waals surface area contributed by atoms with Gasteiger partial charge in [0.25, 0.3) is 0 Å². The van der Waals surface area contributed by atoms with Crippen molar-refractivity contribution in [2.24, 2.45) is 0 Å². The Hall–Kier alpha value is -4.07. The summed E-state index contributed by atoms with van der Waals surface area (Å²) in [5.41, 5.74) is 5.24. The van der Waals surface area contributed by atoms with Crippen LogP contribution in [0.4, 0.5) is 10.1 Å². The Kier molecular flexibility index (Phi) is 8.51. The molecule has 4 rings (SSSR count). The van der Waals surface area contributed by atoms with E-state index in [9.17, 15) is 14.0 Å². The maximum Gasteiger partial charge on any atom is 0.397 e. The zero-order chi connectivity index (χ0) is 27.2. The van der Waals surface area contributed by atoms with Crippen LogP contribution in [-0.2, 0) is 40.0 Å². The summed E-state index contributed by atoms with van der Waals surface area (Å²) < 4.78 is 35.9. The van der Waals surface area contributed by atoms with E-state index in [1.807, 2.05) is 37.3 Å². The van der Waals surface area contributed by atoms with Crippen molar-refractivity contribution in [1.29, 1.82) is 0 Å². The highest BCUT2D eigenvalue weighted by atomic mass is 19.1. The van der Waals surface area contributed by atoms with Gasteiger partial charge in [-0.05, 0) is 105 Å². The number of hydrogen-bond acceptors (Lipinski definition) is 6. The molecule has 0 spiro atoms. The number of benzene rings is 3. The average molecular weight is 522 g/mol. The molecule has 0 unspecified atom stereocenters. The fraction of sp³-hybridized carbons (Fsp3) is 0.333. The number of methoxy groups -OCH3 is 2. The smallest absolute Gasteiger partial charge is 0.397 e. The van der Waals surface area contributed by atoms with E-state index in [1.54, 1.807) is 20.1 Å². The highest BCUT2D eigenvalue weighted by Crippen LogP contribution is 2.41. The first-order valence-corrected chi connectivity index (χ1v) is 12.6. The number of carbonyl (C=O) groups is 2. The summed E-state index contributed by atoms with van der Waals surface area (Å²) in [7, 11) is 3.06. The van der Waals surface area contributed by atoms with Gasteiger partial charge in [-0.15, -0.1) is 0 Å². The van der Waals surface area contributed by atoms with Crippen LogP contribution in [0.1, 0.15) is 41.2 Å². The monoisotopic (exact) mass is 521 g/mol. The maximum absolute atomic E-state index is 14.1. The third kappa shape index (κ3) is 5.90. The summed E-state index contributed by atoms with van der Waals surface area (Å²) in [6.07, 6.45) is 3.74. The first-order chi connectivity index (χ1) is 18.3. The molecule has 0 radical (unpaired) electrons. The molecule has 1 N–H and O–H groups in total. The van der Waals surface area contributed by atoms with Crippen molar-refractivity contribution in [3.8, 4) is 23.0 Å². The molecule has 0 saturated carbocycles. The third-order valence-corrected chi connectivity index (χ3v) is 6.62. The van der Waals surface area contributed by atoms with E-state index in [2.05, 4.69) is 5.32 Å². The number of halogens is 1. The highest BCUT2D eigenvalue weighted by Gasteiger charge is 2.25. The van der Waals surface area contributed by atoms with Crippen LogP contribution in [0.3, 0.4) is 0 Å². The lowest BCUT2D eigenvalue weighted by atomic mass is 10.0. The Balaban J connectivity index is 1.56. The summed E-state index contributed by atoms with van der Waals surface area (Å²) in [4.78, 5) is 24.1. The lowest BCUT2D eigenvalue weighted by Gasteiger charge is -2.18. The van der Waals surface area contributed by atoms with Gasteiger partial charge in [0.1, 0.15) is 17.2 Å². The molecule has 0 bridgehead atoms. The van der Waals surface area contributed by atoms with Crippen molar-refractivity contribution < 1.29 is 32.9 Å². The quantitative estimate of drug-likeness (QED) is 0.287. The van der Waals surface area contributed by atoms with E-state index in [4.69, 9.17) is 18.9 Å². The normalized spacial score (nSPS) is 12.0. The SMILES string of the molecule is CCOC(=O)C(=O)Nc1cc(C)c(Oc2ccc(OC)c(CCc3ccc(OC)c(F)c3)c2)c2c1CCC2. The lowest BCUT2D eigenvalue weighted by Crippen LogP contribution is -2.25. The molecular weight excluding hydrogens is 489 g/mol. The maximum atomic E-state index is 14.1. The number of amides is 1. The molecule has 38 heavy (non-hydrogen) atoms. The zero-order valence-electron chi connectivity index (χ0n) is 22.1. The van der Waals surface area contributed by atoms with E-state index in [0.717, 1.165) is 58.6 Å². The second kappa shape index (κ2) is 12.0. The van der Waals surface area contributed by atoms with Gasteiger partial charge in [-0.1, -0.05) is 6.07 Å². The van der Waals surface area contributed by atoms with Gasteiger partial charge in [0.15, 0.2) is 11.6 Å². The van der Waals surface area contributed by atoms with Crippen molar-refractivity contribution >= 4 is 17.6 Å². The molecule has 7 nitrogen and oxygen atoms in total. The topological polar surface area (TPSA) is 83.1 Å². The highest BCUT2D eigenvalue weighted by molar-refractivity contribution is 6.37. The number of esters is 1. The minimum Gasteiger partial charge on any atom is -0.496 e. The number of carbonyl (C=O) groups excluding carboxylic acids is 2. The minimum absolute atomic E-state index is 0.136. The van der Waals surface area contributed by atoms with E-state index in [0.29, 0.717) is 24.3 Å². The van der Waals surface area contributed by atoms with Crippen LogP contribution in [0.2, 0.25) is 0 Å². The molecule has 1 aliphatic carbocycles. The molecule has 8 heteroatoms. The molecule has 0 aliphatic heterocycles. The number of fused-ring (bicyclic) bond motifs is 1. The number of nitrogens with one attached hydrogen (secondary N) is 1. The Bertz CT molecular complexity index is 1350. The van der Waals surface area contributed by atoms with Crippen molar-refractivity contribution in [3.63, 3.8) is 0 Å². The Morgan fingerprint density at radius 1 is 0.947 bits per heavy atom. The van der Waals surface area contributed by atoms with Crippen LogP contribution in [-0.4, -0.2) is 32.7 Å². The van der Waals surface area contributed by atoms with Crippen LogP contribution in [0, 0.1) is 12.7 Å². The molecule has 0 fully saturated rings. The van der Waals surface area contributed by atoms with Gasteiger partial charge in [-0.25, -0.2) is 9.18 Å². The molecular formula is C30H32FNO6. The van der Waals surface area contributed by atoms with Crippen molar-refractivity contribution in [1.82, 2.24) is 0 Å². The molecule has 0 aromatic heterocycles. The fourth-order valence-corrected chi connectivity index (χ4v) is 4.80. The molecule has 1 amide bonds. The largest absolute Gasteiger partial charge is 0.496 e. The first-order valence-electron chi connectivity index (χ1n) is 12.6. The van der Waals surface area contributed by atoms with Crippen molar-refractivity contribution in [2.75, 3.05) is 26.1 Å². The predicted octanol–water partition coefficient (Wildman–Crippen LogP) is 5.72. The molecule has 0 heterocycles. The minimum atomic E-state index is -0.902. The van der Waals surface area contributed by atoms with E-state index in [1.165, 1.54) is 13.2 Å². The first kappa shape index (κ1) is 27.0. The predicted molar refractivity (Wildman–Crippen MR) is 142 cm³/mol. The molecule has 0 saturated heterocycles. The van der Waals surface area contributed by atoms with Crippen molar-refractivity contribution in [3.05, 3.63) is 76.1 Å². The van der Waals surface area contributed by atoms with Gasteiger partial charge in [0.05, 0.1) is 20.8 Å². The summed E-state index contributed by atoms with van der Waals surface area (Å²) in [5, 5.41) is 2.71. The second-order valence-corrected chi connectivity index (χ2v) is 9.10. The average Bonchev–Trinajstić information content (AvgIpc) is 3.40. The molecule has 0 atom stereocenters. The number of hydrogen-bond donors (Lipinski definition) is 1. The number of anilines is 1. The van der Waals surface area contributed by atoms with Crippen molar-refractivity contribution in [2.45, 2.75) is 46.0 Å². The second-order valence-electron chi connectivity index (χ2n) is 9.10. The van der Waals surface area contributed by atoms with Gasteiger partial charge < -0.3 is 24.3 Å². The van der Waals surface area contributed by atoms with Crippen LogP contribution in [0.5, 0.6) is 23.0 Å². The Labute approximate surface area is 221 Å². The van der Waals surface area contributed by atoms with Gasteiger partial charge >= 0.3 is 11.9 Å². The summed E-state index contributed by atoms with van der Waals surface area (Å²) >= 11 is 0. The van der Waals surface area contributed by atoms with Gasteiger partial charge in [-0.2, -0.15) is 0 Å².